The molecular weight excluding hydrogens is 252 g/mol. The molecule has 1 aromatic rings. The molecular formula is C16H24N2O2. The second-order valence-corrected chi connectivity index (χ2v) is 5.46. The summed E-state index contributed by atoms with van der Waals surface area (Å²) in [5.74, 6) is 0.197. The van der Waals surface area contributed by atoms with Crippen LogP contribution in [0.15, 0.2) is 24.3 Å². The molecule has 1 fully saturated rings. The van der Waals surface area contributed by atoms with Crippen molar-refractivity contribution in [2.75, 3.05) is 31.6 Å². The van der Waals surface area contributed by atoms with E-state index >= 15 is 0 Å². The molecule has 0 saturated carbocycles. The predicted molar refractivity (Wildman–Crippen MR) is 80.8 cm³/mol. The Bertz CT molecular complexity index is 438. The number of benzene rings is 1. The second-order valence-electron chi connectivity index (χ2n) is 5.46. The van der Waals surface area contributed by atoms with Crippen molar-refractivity contribution in [3.05, 3.63) is 29.8 Å². The number of anilines is 1. The Morgan fingerprint density at radius 1 is 1.30 bits per heavy atom. The van der Waals surface area contributed by atoms with Crippen molar-refractivity contribution in [3.8, 4) is 0 Å². The third kappa shape index (κ3) is 3.51. The third-order valence-corrected chi connectivity index (χ3v) is 3.94. The van der Waals surface area contributed by atoms with E-state index in [0.29, 0.717) is 13.0 Å². The minimum absolute atomic E-state index is 0.197. The van der Waals surface area contributed by atoms with Gasteiger partial charge in [-0.1, -0.05) is 19.1 Å². The summed E-state index contributed by atoms with van der Waals surface area (Å²) in [6.45, 7) is 4.16. The molecule has 20 heavy (non-hydrogen) atoms. The van der Waals surface area contributed by atoms with Crippen LogP contribution >= 0.6 is 0 Å². The first-order valence-corrected chi connectivity index (χ1v) is 7.38. The van der Waals surface area contributed by atoms with Crippen LogP contribution in [0, 0.1) is 0 Å². The molecule has 1 unspecified atom stereocenters. The maximum Gasteiger partial charge on any atom is 0.242 e. The van der Waals surface area contributed by atoms with E-state index in [0.717, 1.165) is 37.2 Å². The van der Waals surface area contributed by atoms with Gasteiger partial charge in [-0.05, 0) is 37.0 Å². The molecule has 1 aliphatic heterocycles. The van der Waals surface area contributed by atoms with E-state index in [9.17, 15) is 9.90 Å². The molecule has 1 atom stereocenters. The van der Waals surface area contributed by atoms with Gasteiger partial charge >= 0.3 is 0 Å². The smallest absolute Gasteiger partial charge is 0.242 e. The molecule has 0 spiro atoms. The zero-order valence-electron chi connectivity index (χ0n) is 12.4. The maximum atomic E-state index is 12.1. The van der Waals surface area contributed by atoms with Crippen LogP contribution in [0.5, 0.6) is 0 Å². The third-order valence-electron chi connectivity index (χ3n) is 3.94. The predicted octanol–water partition coefficient (Wildman–Crippen LogP) is 2.19. The number of nitrogens with zero attached hydrogens (tertiary/aromatic N) is 2. The van der Waals surface area contributed by atoms with Gasteiger partial charge in [0, 0.05) is 25.8 Å². The maximum absolute atomic E-state index is 12.1. The number of carbonyl (C=O) groups excluding carboxylic acids is 1. The molecule has 0 bridgehead atoms. The summed E-state index contributed by atoms with van der Waals surface area (Å²) in [6.07, 6.45) is 2.56. The number of aliphatic hydroxyl groups is 1. The lowest BCUT2D eigenvalue weighted by atomic mass is 10.1. The normalized spacial score (nSPS) is 16.2. The monoisotopic (exact) mass is 276 g/mol. The molecule has 0 radical (unpaired) electrons. The molecule has 4 heteroatoms. The first-order chi connectivity index (χ1) is 9.61. The van der Waals surface area contributed by atoms with Crippen LogP contribution in [0.1, 0.15) is 37.9 Å². The highest BCUT2D eigenvalue weighted by Crippen LogP contribution is 2.20. The fraction of sp³-hybridized carbons (Fsp3) is 0.562. The van der Waals surface area contributed by atoms with Crippen molar-refractivity contribution >= 4 is 11.6 Å². The van der Waals surface area contributed by atoms with Crippen molar-refractivity contribution in [1.82, 2.24) is 4.90 Å². The number of likely N-dealkylation sites (tertiary alicyclic amines) is 1. The van der Waals surface area contributed by atoms with Crippen LogP contribution in [0.2, 0.25) is 0 Å². The largest absolute Gasteiger partial charge is 0.388 e. The zero-order valence-corrected chi connectivity index (χ0v) is 12.4. The van der Waals surface area contributed by atoms with E-state index in [1.807, 2.05) is 48.0 Å². The Balaban J connectivity index is 1.94. The number of aliphatic hydroxyl groups excluding tert-OH is 1. The minimum atomic E-state index is -0.402. The van der Waals surface area contributed by atoms with E-state index in [1.165, 1.54) is 0 Å². The van der Waals surface area contributed by atoms with Crippen LogP contribution in [0.3, 0.4) is 0 Å². The highest BCUT2D eigenvalue weighted by molar-refractivity contribution is 5.81. The van der Waals surface area contributed by atoms with E-state index < -0.39 is 6.10 Å². The molecule has 1 heterocycles. The van der Waals surface area contributed by atoms with Crippen molar-refractivity contribution in [1.29, 1.82) is 0 Å². The highest BCUT2D eigenvalue weighted by Gasteiger charge is 2.19. The average molecular weight is 276 g/mol. The lowest BCUT2D eigenvalue weighted by Crippen LogP contribution is -2.37. The van der Waals surface area contributed by atoms with E-state index in [2.05, 4.69) is 0 Å². The Morgan fingerprint density at radius 3 is 2.45 bits per heavy atom. The van der Waals surface area contributed by atoms with Gasteiger partial charge in [0.1, 0.15) is 0 Å². The summed E-state index contributed by atoms with van der Waals surface area (Å²) in [5.41, 5.74) is 1.93. The van der Waals surface area contributed by atoms with Gasteiger partial charge in [0.15, 0.2) is 0 Å². The number of hydrogen-bond acceptors (Lipinski definition) is 3. The fourth-order valence-electron chi connectivity index (χ4n) is 2.55. The Kier molecular flexibility index (Phi) is 5.01. The number of amides is 1. The van der Waals surface area contributed by atoms with Gasteiger partial charge < -0.3 is 14.9 Å². The van der Waals surface area contributed by atoms with Crippen LogP contribution in [-0.2, 0) is 4.79 Å². The topological polar surface area (TPSA) is 43.8 Å². The average Bonchev–Trinajstić information content (AvgIpc) is 3.01. The van der Waals surface area contributed by atoms with E-state index in [1.54, 1.807) is 0 Å². The van der Waals surface area contributed by atoms with Gasteiger partial charge in [0.25, 0.3) is 0 Å². The van der Waals surface area contributed by atoms with Gasteiger partial charge in [-0.3, -0.25) is 4.79 Å². The molecule has 2 rings (SSSR count). The van der Waals surface area contributed by atoms with Gasteiger partial charge in [0.2, 0.25) is 5.91 Å². The summed E-state index contributed by atoms with van der Waals surface area (Å²) < 4.78 is 0. The summed E-state index contributed by atoms with van der Waals surface area (Å²) in [6, 6.07) is 7.79. The fourth-order valence-corrected chi connectivity index (χ4v) is 2.55. The number of likely N-dealkylation sites (N-methyl/N-ethyl adjacent to an activating group) is 1. The minimum Gasteiger partial charge on any atom is -0.388 e. The molecule has 4 nitrogen and oxygen atoms in total. The summed E-state index contributed by atoms with van der Waals surface area (Å²) >= 11 is 0. The van der Waals surface area contributed by atoms with E-state index in [4.69, 9.17) is 0 Å². The molecule has 1 aromatic carbocycles. The van der Waals surface area contributed by atoms with Crippen LogP contribution < -0.4 is 4.90 Å². The quantitative estimate of drug-likeness (QED) is 0.896. The summed E-state index contributed by atoms with van der Waals surface area (Å²) in [7, 11) is 1.93. The van der Waals surface area contributed by atoms with Gasteiger partial charge in [-0.25, -0.2) is 0 Å². The molecule has 1 N–H and O–H groups in total. The first-order valence-electron chi connectivity index (χ1n) is 7.38. The second kappa shape index (κ2) is 6.75. The standard InChI is InChI=1S/C16H24N2O2/c1-3-15(19)13-6-8-14(9-7-13)17(2)12-16(20)18-10-4-5-11-18/h6-9,15,19H,3-5,10-12H2,1-2H3. The van der Waals surface area contributed by atoms with Crippen LogP contribution in [0.4, 0.5) is 5.69 Å². The SMILES string of the molecule is CCC(O)c1ccc(N(C)CC(=O)N2CCCC2)cc1. The van der Waals surface area contributed by atoms with Crippen molar-refractivity contribution in [2.45, 2.75) is 32.3 Å². The number of carbonyl (C=O) groups is 1. The Morgan fingerprint density at radius 2 is 1.90 bits per heavy atom. The lowest BCUT2D eigenvalue weighted by Gasteiger charge is -2.23. The van der Waals surface area contributed by atoms with Crippen molar-refractivity contribution in [3.63, 3.8) is 0 Å². The molecule has 1 aliphatic rings. The van der Waals surface area contributed by atoms with Crippen molar-refractivity contribution in [2.24, 2.45) is 0 Å². The lowest BCUT2D eigenvalue weighted by molar-refractivity contribution is -0.128. The summed E-state index contributed by atoms with van der Waals surface area (Å²) in [4.78, 5) is 16.0. The van der Waals surface area contributed by atoms with Crippen LogP contribution in [-0.4, -0.2) is 42.6 Å². The molecule has 0 aromatic heterocycles. The van der Waals surface area contributed by atoms with Crippen molar-refractivity contribution < 1.29 is 9.90 Å². The molecule has 1 saturated heterocycles. The van der Waals surface area contributed by atoms with Gasteiger partial charge in [0.05, 0.1) is 12.6 Å². The Hall–Kier alpha value is -1.55. The van der Waals surface area contributed by atoms with Gasteiger partial charge in [-0.2, -0.15) is 0 Å². The molecule has 0 aliphatic carbocycles. The number of rotatable bonds is 5. The first kappa shape index (κ1) is 14.9. The molecule has 110 valence electrons. The zero-order chi connectivity index (χ0) is 14.5. The van der Waals surface area contributed by atoms with Crippen LogP contribution in [0.25, 0.3) is 0 Å². The number of hydrogen-bond donors (Lipinski definition) is 1. The summed E-state index contributed by atoms with van der Waals surface area (Å²) in [5, 5.41) is 9.77. The highest BCUT2D eigenvalue weighted by atomic mass is 16.3. The van der Waals surface area contributed by atoms with E-state index in [-0.39, 0.29) is 5.91 Å². The Labute approximate surface area is 121 Å². The van der Waals surface area contributed by atoms with Gasteiger partial charge in [-0.15, -0.1) is 0 Å². The molecule has 1 amide bonds.